The summed E-state index contributed by atoms with van der Waals surface area (Å²) < 4.78 is 0. The number of nitrogens with two attached hydrogens (primary N) is 1. The fourth-order valence-corrected chi connectivity index (χ4v) is 1.66. The van der Waals surface area contributed by atoms with Crippen LogP contribution in [0.2, 0.25) is 0 Å². The van der Waals surface area contributed by atoms with E-state index in [2.05, 4.69) is 46.6 Å². The molecule has 0 saturated carbocycles. The molecule has 0 aliphatic carbocycles. The predicted octanol–water partition coefficient (Wildman–Crippen LogP) is 2.09. The molecule has 0 bridgehead atoms. The highest BCUT2D eigenvalue weighted by molar-refractivity contribution is 4.78. The molecule has 0 aromatic rings. The molecule has 0 amide bonds. The lowest BCUT2D eigenvalue weighted by molar-refractivity contribution is 0.192. The van der Waals surface area contributed by atoms with Crippen LogP contribution in [0.15, 0.2) is 0 Å². The monoisotopic (exact) mass is 186 g/mol. The molecular formula is C11H26N2. The van der Waals surface area contributed by atoms with Gasteiger partial charge in [0.1, 0.15) is 0 Å². The van der Waals surface area contributed by atoms with Gasteiger partial charge in [0.2, 0.25) is 0 Å². The molecule has 1 unspecified atom stereocenters. The van der Waals surface area contributed by atoms with Crippen LogP contribution in [0.4, 0.5) is 0 Å². The van der Waals surface area contributed by atoms with Gasteiger partial charge >= 0.3 is 0 Å². The van der Waals surface area contributed by atoms with Gasteiger partial charge in [-0.2, -0.15) is 0 Å². The number of rotatable bonds is 5. The van der Waals surface area contributed by atoms with E-state index in [0.29, 0.717) is 6.04 Å². The largest absolute Gasteiger partial charge is 0.324 e. The summed E-state index contributed by atoms with van der Waals surface area (Å²) in [5, 5.41) is 0. The van der Waals surface area contributed by atoms with E-state index in [1.54, 1.807) is 0 Å². The van der Waals surface area contributed by atoms with Crippen molar-refractivity contribution in [3.05, 3.63) is 0 Å². The lowest BCUT2D eigenvalue weighted by atomic mass is 10.0. The molecule has 0 heterocycles. The summed E-state index contributed by atoms with van der Waals surface area (Å²) in [6.07, 6.45) is 1.24. The van der Waals surface area contributed by atoms with E-state index < -0.39 is 0 Å². The van der Waals surface area contributed by atoms with Gasteiger partial charge < -0.3 is 10.6 Å². The average Bonchev–Trinajstić information content (AvgIpc) is 1.81. The minimum atomic E-state index is -0.0833. The fourth-order valence-electron chi connectivity index (χ4n) is 1.66. The van der Waals surface area contributed by atoms with Crippen LogP contribution >= 0.6 is 0 Å². The first kappa shape index (κ1) is 12.9. The Balaban J connectivity index is 3.89. The summed E-state index contributed by atoms with van der Waals surface area (Å²) in [4.78, 5) is 2.35. The lowest BCUT2D eigenvalue weighted by Gasteiger charge is -2.32. The van der Waals surface area contributed by atoms with Crippen LogP contribution in [0, 0.1) is 5.92 Å². The van der Waals surface area contributed by atoms with E-state index in [9.17, 15) is 0 Å². The minimum absolute atomic E-state index is 0.0833. The topological polar surface area (TPSA) is 29.3 Å². The van der Waals surface area contributed by atoms with E-state index in [-0.39, 0.29) is 5.54 Å². The van der Waals surface area contributed by atoms with Gasteiger partial charge in [-0.3, -0.25) is 0 Å². The van der Waals surface area contributed by atoms with Crippen molar-refractivity contribution in [3.8, 4) is 0 Å². The van der Waals surface area contributed by atoms with Crippen LogP contribution in [0.25, 0.3) is 0 Å². The molecule has 0 fully saturated rings. The average molecular weight is 186 g/mol. The van der Waals surface area contributed by atoms with Gasteiger partial charge in [-0.1, -0.05) is 13.8 Å². The quantitative estimate of drug-likeness (QED) is 0.712. The van der Waals surface area contributed by atoms with Crippen molar-refractivity contribution >= 4 is 0 Å². The van der Waals surface area contributed by atoms with Gasteiger partial charge in [-0.05, 0) is 40.2 Å². The molecule has 0 spiro atoms. The first-order chi connectivity index (χ1) is 5.72. The van der Waals surface area contributed by atoms with Crippen LogP contribution in [0.1, 0.15) is 41.0 Å². The second-order valence-corrected chi connectivity index (χ2v) is 5.38. The zero-order chi connectivity index (χ0) is 10.6. The zero-order valence-corrected chi connectivity index (χ0v) is 10.1. The number of likely N-dealkylation sites (N-methyl/N-ethyl adjacent to an activating group) is 1. The Bertz CT molecular complexity index is 136. The van der Waals surface area contributed by atoms with Crippen molar-refractivity contribution in [1.29, 1.82) is 0 Å². The van der Waals surface area contributed by atoms with Crippen LogP contribution in [0.3, 0.4) is 0 Å². The molecule has 1 atom stereocenters. The number of hydrogen-bond donors (Lipinski definition) is 1. The Kier molecular flexibility index (Phi) is 4.93. The minimum Gasteiger partial charge on any atom is -0.324 e. The molecule has 13 heavy (non-hydrogen) atoms. The molecular weight excluding hydrogens is 160 g/mol. The summed E-state index contributed by atoms with van der Waals surface area (Å²) in [6.45, 7) is 11.9. The Morgan fingerprint density at radius 1 is 1.23 bits per heavy atom. The van der Waals surface area contributed by atoms with Crippen LogP contribution in [0.5, 0.6) is 0 Å². The van der Waals surface area contributed by atoms with Crippen LogP contribution in [-0.2, 0) is 0 Å². The second kappa shape index (κ2) is 4.97. The van der Waals surface area contributed by atoms with Gasteiger partial charge in [-0.25, -0.2) is 0 Å². The molecule has 2 N–H and O–H groups in total. The lowest BCUT2D eigenvalue weighted by Crippen LogP contribution is -2.46. The third-order valence-corrected chi connectivity index (χ3v) is 2.22. The first-order valence-electron chi connectivity index (χ1n) is 5.21. The molecule has 2 heteroatoms. The highest BCUT2D eigenvalue weighted by atomic mass is 15.1. The Morgan fingerprint density at radius 3 is 2.00 bits per heavy atom. The fraction of sp³-hybridized carbons (Fsp3) is 1.00. The molecule has 0 radical (unpaired) electrons. The summed E-state index contributed by atoms with van der Waals surface area (Å²) in [7, 11) is 2.15. The Labute approximate surface area is 83.5 Å². The van der Waals surface area contributed by atoms with E-state index in [0.717, 1.165) is 12.5 Å². The van der Waals surface area contributed by atoms with Crippen molar-refractivity contribution in [3.63, 3.8) is 0 Å². The third kappa shape index (κ3) is 7.03. The third-order valence-electron chi connectivity index (χ3n) is 2.22. The van der Waals surface area contributed by atoms with E-state index in [1.807, 2.05) is 0 Å². The van der Waals surface area contributed by atoms with Crippen molar-refractivity contribution in [2.45, 2.75) is 52.6 Å². The molecule has 0 aliphatic heterocycles. The van der Waals surface area contributed by atoms with Crippen LogP contribution < -0.4 is 5.73 Å². The molecule has 0 rings (SSSR count). The van der Waals surface area contributed by atoms with Gasteiger partial charge in [-0.15, -0.1) is 0 Å². The molecule has 80 valence electrons. The molecule has 0 aromatic heterocycles. The molecule has 0 aromatic carbocycles. The van der Waals surface area contributed by atoms with E-state index in [4.69, 9.17) is 5.73 Å². The van der Waals surface area contributed by atoms with Gasteiger partial charge in [0, 0.05) is 18.1 Å². The maximum absolute atomic E-state index is 5.96. The van der Waals surface area contributed by atoms with Gasteiger partial charge in [0.25, 0.3) is 0 Å². The highest BCUT2D eigenvalue weighted by Gasteiger charge is 2.18. The number of nitrogens with zero attached hydrogens (tertiary/aromatic N) is 1. The summed E-state index contributed by atoms with van der Waals surface area (Å²) >= 11 is 0. The predicted molar refractivity (Wildman–Crippen MR) is 59.8 cm³/mol. The van der Waals surface area contributed by atoms with Crippen molar-refractivity contribution in [2.24, 2.45) is 11.7 Å². The summed E-state index contributed by atoms with van der Waals surface area (Å²) in [5.41, 5.74) is 5.88. The molecule has 0 saturated heterocycles. The standard InChI is InChI=1S/C11H26N2/c1-9(2)7-10(3)13(6)8-11(4,5)12/h9-10H,7-8,12H2,1-6H3. The normalized spacial score (nSPS) is 15.5. The summed E-state index contributed by atoms with van der Waals surface area (Å²) in [5.74, 6) is 0.762. The summed E-state index contributed by atoms with van der Waals surface area (Å²) in [6, 6.07) is 0.628. The SMILES string of the molecule is CC(C)CC(C)N(C)CC(C)(C)N. The maximum atomic E-state index is 5.96. The Morgan fingerprint density at radius 2 is 1.69 bits per heavy atom. The second-order valence-electron chi connectivity index (χ2n) is 5.38. The maximum Gasteiger partial charge on any atom is 0.0226 e. The van der Waals surface area contributed by atoms with Crippen molar-refractivity contribution in [1.82, 2.24) is 4.90 Å². The van der Waals surface area contributed by atoms with Gasteiger partial charge in [0.15, 0.2) is 0 Å². The Hall–Kier alpha value is -0.0800. The van der Waals surface area contributed by atoms with E-state index in [1.165, 1.54) is 6.42 Å². The molecule has 0 aliphatic rings. The highest BCUT2D eigenvalue weighted by Crippen LogP contribution is 2.11. The van der Waals surface area contributed by atoms with Crippen LogP contribution in [-0.4, -0.2) is 30.1 Å². The molecule has 2 nitrogen and oxygen atoms in total. The zero-order valence-electron chi connectivity index (χ0n) is 10.1. The van der Waals surface area contributed by atoms with Crippen molar-refractivity contribution < 1.29 is 0 Å². The van der Waals surface area contributed by atoms with E-state index >= 15 is 0 Å². The van der Waals surface area contributed by atoms with Crippen molar-refractivity contribution in [2.75, 3.05) is 13.6 Å². The van der Waals surface area contributed by atoms with Gasteiger partial charge in [0.05, 0.1) is 0 Å². The number of hydrogen-bond acceptors (Lipinski definition) is 2. The smallest absolute Gasteiger partial charge is 0.0226 e. The first-order valence-corrected chi connectivity index (χ1v) is 5.21.